The fourth-order valence-electron chi connectivity index (χ4n) is 2.43. The number of hydrogen-bond donors (Lipinski definition) is 0. The molecule has 1 unspecified atom stereocenters. The van der Waals surface area contributed by atoms with Gasteiger partial charge in [-0.2, -0.15) is 13.2 Å². The third-order valence-electron chi connectivity index (χ3n) is 3.44. The van der Waals surface area contributed by atoms with Crippen LogP contribution in [0.15, 0.2) is 0 Å². The average Bonchev–Trinajstić information content (AvgIpc) is 2.38. The molecule has 3 nitrogen and oxygen atoms in total. The minimum Gasteiger partial charge on any atom is -0.232 e. The van der Waals surface area contributed by atoms with Crippen molar-refractivity contribution >= 4 is 0 Å². The van der Waals surface area contributed by atoms with Crippen molar-refractivity contribution in [2.45, 2.75) is 83.1 Å². The maximum atomic E-state index is 13.2. The molecule has 0 amide bonds. The van der Waals surface area contributed by atoms with Crippen LogP contribution in [0.1, 0.15) is 51.9 Å². The van der Waals surface area contributed by atoms with Gasteiger partial charge in [-0.05, 0) is 6.42 Å². The summed E-state index contributed by atoms with van der Waals surface area (Å²) in [4.78, 5) is 0. The van der Waals surface area contributed by atoms with Crippen molar-refractivity contribution in [1.29, 1.82) is 0 Å². The van der Waals surface area contributed by atoms with E-state index >= 15 is 0 Å². The second kappa shape index (κ2) is 10.4. The van der Waals surface area contributed by atoms with Crippen LogP contribution in [-0.4, -0.2) is 31.2 Å². The molecule has 0 aliphatic heterocycles. The van der Waals surface area contributed by atoms with Crippen LogP contribution in [0.2, 0.25) is 0 Å². The molecule has 0 radical (unpaired) electrons. The molecule has 0 aliphatic rings. The van der Waals surface area contributed by atoms with Gasteiger partial charge in [0.25, 0.3) is 0 Å². The van der Waals surface area contributed by atoms with Gasteiger partial charge in [0.15, 0.2) is 0 Å². The predicted octanol–water partition coefficient (Wildman–Crippen LogP) is 7.18. The van der Waals surface area contributed by atoms with Gasteiger partial charge >= 0.3 is 31.2 Å². The summed E-state index contributed by atoms with van der Waals surface area (Å²) in [5.74, 6) is -9.65. The summed E-state index contributed by atoms with van der Waals surface area (Å²) in [7, 11) is 0. The Labute approximate surface area is 157 Å². The van der Waals surface area contributed by atoms with Crippen molar-refractivity contribution in [3.63, 3.8) is 0 Å². The van der Waals surface area contributed by atoms with E-state index in [2.05, 4.69) is 14.2 Å². The molecule has 1 atom stereocenters. The maximum absolute atomic E-state index is 13.2. The Hall–Kier alpha value is -0.960. The second-order valence-electron chi connectivity index (χ2n) is 5.90. The standard InChI is InChI=1S/C14H18F12O3/c1-2-3-4-5-6-7-8-9(10(15,16)17)11(27-12(18,19)20,28-13(21,22)23)29-14(24,25)26/h9H,2-8H2,1H3. The van der Waals surface area contributed by atoms with Gasteiger partial charge in [0, 0.05) is 0 Å². The number of rotatable bonds is 11. The maximum Gasteiger partial charge on any atom is 0.526 e. The zero-order chi connectivity index (χ0) is 23.1. The molecule has 0 saturated heterocycles. The van der Waals surface area contributed by atoms with Gasteiger partial charge in [0.05, 0.1) is 0 Å². The molecule has 0 saturated carbocycles. The second-order valence-corrected chi connectivity index (χ2v) is 5.90. The number of ether oxygens (including phenoxy) is 3. The minimum absolute atomic E-state index is 0.0906. The smallest absolute Gasteiger partial charge is 0.232 e. The van der Waals surface area contributed by atoms with Crippen LogP contribution >= 0.6 is 0 Å². The van der Waals surface area contributed by atoms with E-state index in [9.17, 15) is 52.7 Å². The summed E-state index contributed by atoms with van der Waals surface area (Å²) < 4.78 is 160. The van der Waals surface area contributed by atoms with Crippen LogP contribution in [-0.2, 0) is 14.2 Å². The van der Waals surface area contributed by atoms with Gasteiger partial charge < -0.3 is 0 Å². The highest BCUT2D eigenvalue weighted by molar-refractivity contribution is 4.80. The average molecular weight is 462 g/mol. The molecule has 0 rings (SSSR count). The van der Waals surface area contributed by atoms with E-state index in [0.29, 0.717) is 12.8 Å². The van der Waals surface area contributed by atoms with E-state index in [1.807, 2.05) is 0 Å². The van der Waals surface area contributed by atoms with Gasteiger partial charge in [0.1, 0.15) is 5.92 Å². The molecule has 0 aromatic rings. The Balaban J connectivity index is 5.96. The Morgan fingerprint density at radius 3 is 1.21 bits per heavy atom. The van der Waals surface area contributed by atoms with Crippen molar-refractivity contribution in [3.8, 4) is 0 Å². The van der Waals surface area contributed by atoms with Crippen molar-refractivity contribution in [3.05, 3.63) is 0 Å². The molecule has 0 heterocycles. The zero-order valence-corrected chi connectivity index (χ0v) is 14.8. The molecule has 15 heteroatoms. The van der Waals surface area contributed by atoms with E-state index < -0.39 is 50.0 Å². The highest BCUT2D eigenvalue weighted by atomic mass is 19.4. The predicted molar refractivity (Wildman–Crippen MR) is 71.7 cm³/mol. The van der Waals surface area contributed by atoms with E-state index in [1.165, 1.54) is 0 Å². The van der Waals surface area contributed by atoms with Crippen molar-refractivity contribution in [2.24, 2.45) is 5.92 Å². The van der Waals surface area contributed by atoms with Gasteiger partial charge in [-0.15, -0.1) is 39.5 Å². The summed E-state index contributed by atoms with van der Waals surface area (Å²) in [5, 5.41) is 0. The summed E-state index contributed by atoms with van der Waals surface area (Å²) >= 11 is 0. The quantitative estimate of drug-likeness (QED) is 0.185. The summed E-state index contributed by atoms with van der Waals surface area (Å²) in [6, 6.07) is 0. The topological polar surface area (TPSA) is 27.7 Å². The monoisotopic (exact) mass is 462 g/mol. The number of halogens is 12. The lowest BCUT2D eigenvalue weighted by molar-refractivity contribution is -0.599. The summed E-state index contributed by atoms with van der Waals surface area (Å²) in [5.41, 5.74) is 0. The normalized spacial score (nSPS) is 15.6. The SMILES string of the molecule is CCCCCCCCC(C(F)(F)F)C(OC(F)(F)F)(OC(F)(F)F)OC(F)(F)F. The molecule has 0 aromatic carbocycles. The van der Waals surface area contributed by atoms with Crippen LogP contribution in [0.5, 0.6) is 0 Å². The lowest BCUT2D eigenvalue weighted by atomic mass is 9.96. The first-order chi connectivity index (χ1) is 12.8. The molecular weight excluding hydrogens is 444 g/mol. The van der Waals surface area contributed by atoms with E-state index in [-0.39, 0.29) is 12.8 Å². The van der Waals surface area contributed by atoms with Gasteiger partial charge in [0.2, 0.25) is 0 Å². The van der Waals surface area contributed by atoms with Crippen molar-refractivity contribution < 1.29 is 66.9 Å². The molecule has 176 valence electrons. The van der Waals surface area contributed by atoms with Crippen LogP contribution < -0.4 is 0 Å². The molecule has 0 N–H and O–H groups in total. The van der Waals surface area contributed by atoms with Crippen LogP contribution in [0, 0.1) is 5.92 Å². The van der Waals surface area contributed by atoms with Gasteiger partial charge in [-0.1, -0.05) is 45.4 Å². The summed E-state index contributed by atoms with van der Waals surface area (Å²) in [6.07, 6.45) is -25.4. The Morgan fingerprint density at radius 2 is 0.897 bits per heavy atom. The fraction of sp³-hybridized carbons (Fsp3) is 1.00. The lowest BCUT2D eigenvalue weighted by Gasteiger charge is -2.40. The number of hydrogen-bond acceptors (Lipinski definition) is 3. The van der Waals surface area contributed by atoms with Crippen LogP contribution in [0.4, 0.5) is 52.7 Å². The largest absolute Gasteiger partial charge is 0.526 e. The minimum atomic E-state index is -6.39. The van der Waals surface area contributed by atoms with Gasteiger partial charge in [-0.3, -0.25) is 0 Å². The van der Waals surface area contributed by atoms with Crippen LogP contribution in [0.25, 0.3) is 0 Å². The van der Waals surface area contributed by atoms with Crippen LogP contribution in [0.3, 0.4) is 0 Å². The lowest BCUT2D eigenvalue weighted by Crippen LogP contribution is -2.58. The molecule has 0 bridgehead atoms. The molecule has 29 heavy (non-hydrogen) atoms. The third-order valence-corrected chi connectivity index (χ3v) is 3.44. The molecular formula is C14H18F12O3. The first-order valence-corrected chi connectivity index (χ1v) is 8.19. The van der Waals surface area contributed by atoms with E-state index in [4.69, 9.17) is 0 Å². The number of alkyl halides is 12. The third kappa shape index (κ3) is 12.4. The Kier molecular flexibility index (Phi) is 10.0. The van der Waals surface area contributed by atoms with Crippen molar-refractivity contribution in [1.82, 2.24) is 0 Å². The summed E-state index contributed by atoms with van der Waals surface area (Å²) in [6.45, 7) is 1.80. The number of unbranched alkanes of at least 4 members (excludes halogenated alkanes) is 5. The van der Waals surface area contributed by atoms with E-state index in [0.717, 1.165) is 6.42 Å². The Bertz CT molecular complexity index is 426. The first kappa shape index (κ1) is 28.0. The molecule has 0 aliphatic carbocycles. The van der Waals surface area contributed by atoms with Crippen molar-refractivity contribution in [2.75, 3.05) is 0 Å². The Morgan fingerprint density at radius 1 is 0.552 bits per heavy atom. The van der Waals surface area contributed by atoms with Gasteiger partial charge in [-0.25, -0.2) is 14.2 Å². The molecule has 0 spiro atoms. The molecule has 0 aromatic heterocycles. The first-order valence-electron chi connectivity index (χ1n) is 8.19. The zero-order valence-electron chi connectivity index (χ0n) is 14.8. The fourth-order valence-corrected chi connectivity index (χ4v) is 2.43. The molecule has 0 fully saturated rings. The van der Waals surface area contributed by atoms with E-state index in [1.54, 1.807) is 6.92 Å². The highest BCUT2D eigenvalue weighted by Crippen LogP contribution is 2.49. The highest BCUT2D eigenvalue weighted by Gasteiger charge is 2.67.